The highest BCUT2D eigenvalue weighted by Gasteiger charge is 2.65. The highest BCUT2D eigenvalue weighted by molar-refractivity contribution is 6.92. The number of nitrogens with zero attached hydrogens (tertiary/aromatic N) is 2. The van der Waals surface area contributed by atoms with Crippen LogP contribution in [0.5, 0.6) is 0 Å². The lowest BCUT2D eigenvalue weighted by atomic mass is 9.48. The monoisotopic (exact) mass is 660 g/mol. The molecule has 47 heavy (non-hydrogen) atoms. The Morgan fingerprint density at radius 1 is 0.681 bits per heavy atom. The zero-order chi connectivity index (χ0) is 34.4. The predicted octanol–water partition coefficient (Wildman–Crippen LogP) is 8.10. The van der Waals surface area contributed by atoms with E-state index in [1.807, 2.05) is 12.1 Å². The van der Waals surface area contributed by atoms with Crippen LogP contribution in [-0.2, 0) is 13.1 Å². The molecule has 6 bridgehead atoms. The van der Waals surface area contributed by atoms with Gasteiger partial charge in [0.15, 0.2) is 0 Å². The van der Waals surface area contributed by atoms with Gasteiger partial charge in [0, 0.05) is 59.2 Å². The summed E-state index contributed by atoms with van der Waals surface area (Å²) < 4.78 is 14.3. The van der Waals surface area contributed by atoms with Crippen LogP contribution >= 0.6 is 9.90 Å². The van der Waals surface area contributed by atoms with E-state index in [1.165, 1.54) is 67.5 Å². The largest absolute Gasteiger partial charge is 0.396 e. The van der Waals surface area contributed by atoms with Crippen LogP contribution in [0.2, 0.25) is 0 Å². The zero-order valence-electron chi connectivity index (χ0n) is 31.1. The van der Waals surface area contributed by atoms with E-state index >= 15 is 0 Å². The van der Waals surface area contributed by atoms with Gasteiger partial charge in [-0.05, 0) is 84.6 Å². The zero-order valence-corrected chi connectivity index (χ0v) is 31.5. The minimum atomic E-state index is 0. The number of piperidine rings is 4. The van der Waals surface area contributed by atoms with Crippen molar-refractivity contribution in [3.05, 3.63) is 70.8 Å². The van der Waals surface area contributed by atoms with Gasteiger partial charge in [-0.25, -0.2) is 0 Å². The normalized spacial score (nSPS) is 39.8. The number of benzene rings is 2. The molecule has 4 atom stereocenters. The van der Waals surface area contributed by atoms with Crippen LogP contribution in [0.3, 0.4) is 0 Å². The fourth-order valence-corrected chi connectivity index (χ4v) is 13.3. The number of aliphatic hydroxyl groups excluding tert-OH is 1. The van der Waals surface area contributed by atoms with E-state index in [9.17, 15) is 5.11 Å². The van der Waals surface area contributed by atoms with Gasteiger partial charge in [-0.1, -0.05) is 77.6 Å². The highest BCUT2D eigenvalue weighted by atomic mass is 31.0. The summed E-state index contributed by atoms with van der Waals surface area (Å²) in [5.41, 5.74) is 7.09. The van der Waals surface area contributed by atoms with Gasteiger partial charge in [-0.3, -0.25) is 9.62 Å². The molecule has 256 valence electrons. The molecule has 6 fully saturated rings. The first-order valence-electron chi connectivity index (χ1n) is 17.7. The van der Waals surface area contributed by atoms with Crippen LogP contribution < -0.4 is 0 Å². The predicted molar refractivity (Wildman–Crippen MR) is 200 cm³/mol. The first kappa shape index (κ1) is 36.1. The number of terminal acetylenes is 2. The second-order valence-corrected chi connectivity index (χ2v) is 18.9. The number of aliphatic hydroxyl groups is 1. The lowest BCUT2D eigenvalue weighted by Gasteiger charge is -2.68. The molecular formula is C42H61FN2OP+. The van der Waals surface area contributed by atoms with Crippen molar-refractivity contribution < 1.29 is 14.3 Å². The third kappa shape index (κ3) is 8.00. The lowest BCUT2D eigenvalue weighted by molar-refractivity contribution is -0.978. The number of hydrogen-bond donors (Lipinski definition) is 1. The molecule has 8 rings (SSSR count). The molecule has 2 aromatic carbocycles. The summed E-state index contributed by atoms with van der Waals surface area (Å²) in [6.07, 6.45) is 18.8. The van der Waals surface area contributed by atoms with Crippen molar-refractivity contribution in [2.45, 2.75) is 93.2 Å². The molecular weight excluding hydrogens is 598 g/mol. The lowest BCUT2D eigenvalue weighted by Crippen LogP contribution is -2.73. The smallest absolute Gasteiger partial charge is 0.269 e. The van der Waals surface area contributed by atoms with Gasteiger partial charge in [0.25, 0.3) is 1.45 Å². The van der Waals surface area contributed by atoms with Crippen molar-refractivity contribution in [2.75, 3.05) is 39.3 Å². The van der Waals surface area contributed by atoms with Crippen molar-refractivity contribution in [1.82, 2.24) is 4.90 Å². The van der Waals surface area contributed by atoms with Crippen LogP contribution in [0.1, 0.15) is 102 Å². The standard InChI is InChI=1S/C21H29NO.C21H28N.FH.H3P/c1-5-17-6-8-18(9-7-17)10-22-14-19(2)11-20(3,15-22)13-21(4,12-19)16-23;1-5-17-6-8-18(9-7-17)10-22-14-19(2)11-20(3,15-22)13-21(4,12-19)16-22;;/h1,6-9,23H,10-16H2,2-4H3;1,6-9H,10-16H2,2-4H3;1H;1H3/q;+1;;/t19-,20?,21?;;;/m1.../s1/i/hD. The molecule has 2 aromatic rings. The third-order valence-electron chi connectivity index (χ3n) is 12.0. The molecule has 3 unspecified atom stereocenters. The summed E-state index contributed by atoms with van der Waals surface area (Å²) in [6.45, 7) is 23.6. The Kier molecular flexibility index (Phi) is 9.92. The molecule has 0 amide bonds. The van der Waals surface area contributed by atoms with E-state index in [-0.39, 0.29) is 15.3 Å². The topological polar surface area (TPSA) is 23.5 Å². The summed E-state index contributed by atoms with van der Waals surface area (Å²) in [7, 11) is 0. The first-order valence-corrected chi connectivity index (χ1v) is 17.3. The van der Waals surface area contributed by atoms with Crippen LogP contribution in [0.15, 0.2) is 48.5 Å². The number of halogens is 1. The summed E-state index contributed by atoms with van der Waals surface area (Å²) in [5.74, 6) is 5.41. The van der Waals surface area contributed by atoms with Gasteiger partial charge in [-0.2, -0.15) is 9.90 Å². The van der Waals surface area contributed by atoms with E-state index < -0.39 is 0 Å². The maximum absolute atomic E-state index is 9.86. The maximum atomic E-state index is 9.86. The summed E-state index contributed by atoms with van der Waals surface area (Å²) in [5, 5.41) is 9.86. The maximum Gasteiger partial charge on any atom is 0.269 e. The molecule has 6 aliphatic rings. The Balaban J connectivity index is 0.000000202. The second kappa shape index (κ2) is 12.9. The number of fused-ring (bicyclic) bond motifs is 2. The van der Waals surface area contributed by atoms with Crippen LogP contribution in [0.25, 0.3) is 0 Å². The molecule has 5 heteroatoms. The van der Waals surface area contributed by atoms with Crippen LogP contribution in [0.4, 0.5) is 4.72 Å². The molecule has 0 radical (unpaired) electrons. The Labute approximate surface area is 290 Å². The first-order chi connectivity index (χ1) is 22.0. The van der Waals surface area contributed by atoms with Crippen molar-refractivity contribution in [3.63, 3.8) is 0 Å². The molecule has 4 saturated heterocycles. The number of rotatable bonds is 5. The Hall–Kier alpha value is -2.20. The third-order valence-corrected chi connectivity index (χ3v) is 12.0. The van der Waals surface area contributed by atoms with Crippen molar-refractivity contribution >= 4 is 9.90 Å². The minimum Gasteiger partial charge on any atom is -0.396 e. The van der Waals surface area contributed by atoms with Crippen molar-refractivity contribution in [2.24, 2.45) is 32.5 Å². The molecule has 0 spiro atoms. The molecule has 2 aliphatic carbocycles. The van der Waals surface area contributed by atoms with Gasteiger partial charge in [0.2, 0.25) is 0 Å². The number of hydrogen-bond acceptors (Lipinski definition) is 2. The highest BCUT2D eigenvalue weighted by Crippen LogP contribution is 2.64. The molecule has 3 nitrogen and oxygen atoms in total. The minimum absolute atomic E-state index is 0. The SMILES string of the molecule is C#Cc1ccc(CN2CC3(C)CC(C)(CO)C[C@](C)(C2)C3)cc1.C#Cc1ccc(C[N+]23CC4(C)CC(C)(CC(C)(C4)C2)C3)cc1.P.[2H]F. The van der Waals surface area contributed by atoms with Gasteiger partial charge in [-0.15, -0.1) is 12.8 Å². The van der Waals surface area contributed by atoms with Crippen molar-refractivity contribution in [3.8, 4) is 24.7 Å². The van der Waals surface area contributed by atoms with E-state index in [1.54, 1.807) is 0 Å². The van der Waals surface area contributed by atoms with Gasteiger partial charge in [0.1, 0.15) is 6.54 Å². The van der Waals surface area contributed by atoms with E-state index in [4.69, 9.17) is 17.6 Å². The quantitative estimate of drug-likeness (QED) is 0.199. The van der Waals surface area contributed by atoms with Crippen LogP contribution in [0, 0.1) is 57.2 Å². The Bertz CT molecular complexity index is 1440. The molecule has 2 saturated carbocycles. The fourth-order valence-electron chi connectivity index (χ4n) is 13.3. The van der Waals surface area contributed by atoms with E-state index in [0.29, 0.717) is 33.7 Å². The van der Waals surface area contributed by atoms with Gasteiger partial charge < -0.3 is 9.59 Å². The molecule has 4 aliphatic heterocycles. The Morgan fingerprint density at radius 2 is 1.06 bits per heavy atom. The average molecular weight is 661 g/mol. The number of likely N-dealkylation sites (tertiary alicyclic amines) is 1. The summed E-state index contributed by atoms with van der Waals surface area (Å²) >= 11 is 0. The van der Waals surface area contributed by atoms with Gasteiger partial charge in [0.05, 0.1) is 19.6 Å². The van der Waals surface area contributed by atoms with E-state index in [0.717, 1.165) is 43.6 Å². The van der Waals surface area contributed by atoms with Gasteiger partial charge >= 0.3 is 0 Å². The van der Waals surface area contributed by atoms with Crippen molar-refractivity contribution in [1.29, 1.82) is 1.45 Å². The molecule has 0 aromatic heterocycles. The molecule has 1 N–H and O–H groups in total. The number of quaternary nitrogens is 1. The Morgan fingerprint density at radius 3 is 1.45 bits per heavy atom. The van der Waals surface area contributed by atoms with Crippen LogP contribution in [-0.4, -0.2) is 55.3 Å². The van der Waals surface area contributed by atoms with E-state index in [2.05, 4.69) is 96.1 Å². The summed E-state index contributed by atoms with van der Waals surface area (Å²) in [4.78, 5) is 2.60. The second-order valence-electron chi connectivity index (χ2n) is 18.9. The fraction of sp³-hybridized carbons (Fsp3) is 0.619. The molecule has 4 heterocycles. The summed E-state index contributed by atoms with van der Waals surface area (Å²) in [6, 6.07) is 17.1. The average Bonchev–Trinajstić information content (AvgIpc) is 2.95.